The molecule has 0 bridgehead atoms. The second-order valence-corrected chi connectivity index (χ2v) is 2.89. The number of allylic oxidation sites excluding steroid dienone is 4. The molecule has 0 aliphatic heterocycles. The lowest BCUT2D eigenvalue weighted by molar-refractivity contribution is 0.772. The van der Waals surface area contributed by atoms with Crippen LogP contribution in [0.4, 0.5) is 0 Å². The van der Waals surface area contributed by atoms with Crippen LogP contribution in [0.15, 0.2) is 23.8 Å². The van der Waals surface area contributed by atoms with Crippen molar-refractivity contribution in [3.8, 4) is 0 Å². The van der Waals surface area contributed by atoms with E-state index in [1.807, 2.05) is 33.8 Å². The van der Waals surface area contributed by atoms with Crippen molar-refractivity contribution in [1.82, 2.24) is 0 Å². The van der Waals surface area contributed by atoms with Crippen LogP contribution in [0.2, 0.25) is 0 Å². The summed E-state index contributed by atoms with van der Waals surface area (Å²) in [4.78, 5) is 0. The number of hydrogen-bond donors (Lipinski definition) is 0. The average Bonchev–Trinajstić information content (AvgIpc) is 2.23. The normalized spacial score (nSPS) is 10.1. The lowest BCUT2D eigenvalue weighted by Gasteiger charge is -1.81. The fourth-order valence-corrected chi connectivity index (χ4v) is 0.713. The second-order valence-electron chi connectivity index (χ2n) is 2.89. The third-order valence-electron chi connectivity index (χ3n) is 1.59. The molecule has 0 spiro atoms. The summed E-state index contributed by atoms with van der Waals surface area (Å²) >= 11 is 0. The highest BCUT2D eigenvalue weighted by Gasteiger charge is 1.69. The van der Waals surface area contributed by atoms with Crippen LogP contribution in [0.1, 0.15) is 67.7 Å². The lowest BCUT2D eigenvalue weighted by Crippen LogP contribution is -1.60. The zero-order chi connectivity index (χ0) is 11.8. The van der Waals surface area contributed by atoms with E-state index in [1.54, 1.807) is 0 Å². The molecule has 0 nitrogen and oxygen atoms in total. The summed E-state index contributed by atoms with van der Waals surface area (Å²) in [5.41, 5.74) is 1.32. The molecule has 0 heterocycles. The lowest BCUT2D eigenvalue weighted by atomic mass is 10.3. The molecule has 0 heteroatoms. The van der Waals surface area contributed by atoms with Gasteiger partial charge in [0.15, 0.2) is 0 Å². The minimum atomic E-state index is 1.32. The smallest absolute Gasteiger partial charge is 0.0401 e. The Labute approximate surface area is 92.1 Å². The summed E-state index contributed by atoms with van der Waals surface area (Å²) < 4.78 is 0. The second kappa shape index (κ2) is 22.9. The van der Waals surface area contributed by atoms with Gasteiger partial charge in [0, 0.05) is 0 Å². The molecule has 0 unspecified atom stereocenters. The molecule has 0 N–H and O–H groups in total. The van der Waals surface area contributed by atoms with Crippen molar-refractivity contribution in [2.75, 3.05) is 0 Å². The monoisotopic (exact) mass is 198 g/mol. The highest BCUT2D eigenvalue weighted by molar-refractivity contribution is 5.13. The van der Waals surface area contributed by atoms with Gasteiger partial charge in [-0.3, -0.25) is 0 Å². The molecule has 0 saturated heterocycles. The van der Waals surface area contributed by atoms with Crippen LogP contribution in [-0.2, 0) is 0 Å². The third kappa shape index (κ3) is 30.0. The van der Waals surface area contributed by atoms with Gasteiger partial charge < -0.3 is 0 Å². The van der Waals surface area contributed by atoms with Gasteiger partial charge in [0.2, 0.25) is 0 Å². The van der Waals surface area contributed by atoms with Crippen molar-refractivity contribution in [1.29, 1.82) is 0 Å². The molecule has 0 aromatic carbocycles. The van der Waals surface area contributed by atoms with Crippen LogP contribution in [0.25, 0.3) is 0 Å². The van der Waals surface area contributed by atoms with E-state index in [2.05, 4.69) is 32.9 Å². The van der Waals surface area contributed by atoms with Crippen LogP contribution >= 0.6 is 0 Å². The number of unbranched alkanes of at least 4 members (excludes halogenated alkanes) is 2. The van der Waals surface area contributed by atoms with Gasteiger partial charge >= 0.3 is 0 Å². The molecule has 14 heavy (non-hydrogen) atoms. The highest BCUT2D eigenvalue weighted by Crippen LogP contribution is 1.91. The largest absolute Gasteiger partial charge is 0.0874 e. The van der Waals surface area contributed by atoms with Crippen molar-refractivity contribution >= 4 is 0 Å². The molecular weight excluding hydrogens is 168 g/mol. The predicted molar refractivity (Wildman–Crippen MR) is 70.8 cm³/mol. The maximum atomic E-state index is 2.21. The molecule has 0 aromatic rings. The third-order valence-corrected chi connectivity index (χ3v) is 1.59. The standard InChI is InChI=1S/C7H12.C5H12.C2H6/c1-4-6-7(3)5-2;1-3-5-4-2;1-2/h4-6H,1-3H3;3-5H2,1-2H3;1-2H3/b6-4-,7-5-;;. The van der Waals surface area contributed by atoms with E-state index in [9.17, 15) is 0 Å². The molecule has 0 saturated carbocycles. The van der Waals surface area contributed by atoms with Gasteiger partial charge in [0.05, 0.1) is 0 Å². The van der Waals surface area contributed by atoms with Crippen LogP contribution in [0.5, 0.6) is 0 Å². The first-order chi connectivity index (χ1) is 6.72. The zero-order valence-electron chi connectivity index (χ0n) is 11.4. The van der Waals surface area contributed by atoms with Gasteiger partial charge in [-0.25, -0.2) is 0 Å². The van der Waals surface area contributed by atoms with Crippen LogP contribution in [0, 0.1) is 0 Å². The fraction of sp³-hybridized carbons (Fsp3) is 0.714. The summed E-state index contributed by atoms with van der Waals surface area (Å²) in [6.45, 7) is 14.6. The molecule has 0 rings (SSSR count). The Kier molecular flexibility index (Phi) is 31.2. The van der Waals surface area contributed by atoms with Gasteiger partial charge in [-0.05, 0) is 20.8 Å². The quantitative estimate of drug-likeness (QED) is 0.506. The Morgan fingerprint density at radius 1 is 1.00 bits per heavy atom. The van der Waals surface area contributed by atoms with E-state index in [1.165, 1.54) is 24.8 Å². The first-order valence-corrected chi connectivity index (χ1v) is 5.98. The van der Waals surface area contributed by atoms with E-state index in [0.717, 1.165) is 0 Å². The first-order valence-electron chi connectivity index (χ1n) is 5.98. The predicted octanol–water partition coefficient (Wildman–Crippen LogP) is 5.75. The molecule has 0 atom stereocenters. The van der Waals surface area contributed by atoms with Crippen molar-refractivity contribution in [2.45, 2.75) is 67.7 Å². The van der Waals surface area contributed by atoms with Crippen LogP contribution < -0.4 is 0 Å². The molecule has 0 aliphatic carbocycles. The molecule has 0 amide bonds. The number of hydrogen-bond acceptors (Lipinski definition) is 0. The molecular formula is C14H30. The topological polar surface area (TPSA) is 0 Å². The molecule has 0 aliphatic rings. The Morgan fingerprint density at radius 2 is 1.43 bits per heavy atom. The summed E-state index contributed by atoms with van der Waals surface area (Å²) in [6, 6.07) is 0. The minimum absolute atomic E-state index is 1.32. The van der Waals surface area contributed by atoms with E-state index >= 15 is 0 Å². The van der Waals surface area contributed by atoms with Gasteiger partial charge in [0.1, 0.15) is 0 Å². The molecule has 0 radical (unpaired) electrons. The van der Waals surface area contributed by atoms with Gasteiger partial charge in [-0.1, -0.05) is 70.8 Å². The van der Waals surface area contributed by atoms with Gasteiger partial charge in [0.25, 0.3) is 0 Å². The molecule has 86 valence electrons. The van der Waals surface area contributed by atoms with Gasteiger partial charge in [-0.15, -0.1) is 0 Å². The van der Waals surface area contributed by atoms with Crippen molar-refractivity contribution < 1.29 is 0 Å². The van der Waals surface area contributed by atoms with Gasteiger partial charge in [-0.2, -0.15) is 0 Å². The summed E-state index contributed by atoms with van der Waals surface area (Å²) in [7, 11) is 0. The number of rotatable bonds is 3. The van der Waals surface area contributed by atoms with E-state index in [0.29, 0.717) is 0 Å². The van der Waals surface area contributed by atoms with E-state index in [-0.39, 0.29) is 0 Å². The zero-order valence-corrected chi connectivity index (χ0v) is 11.4. The maximum absolute atomic E-state index is 2.21. The first kappa shape index (κ1) is 19.1. The van der Waals surface area contributed by atoms with Crippen molar-refractivity contribution in [2.24, 2.45) is 0 Å². The minimum Gasteiger partial charge on any atom is -0.0874 e. The molecule has 0 fully saturated rings. The van der Waals surface area contributed by atoms with Crippen molar-refractivity contribution in [3.05, 3.63) is 23.8 Å². The van der Waals surface area contributed by atoms with Crippen LogP contribution in [-0.4, -0.2) is 0 Å². The molecule has 0 aromatic heterocycles. The Balaban J connectivity index is -0.000000152. The van der Waals surface area contributed by atoms with Crippen LogP contribution in [0.3, 0.4) is 0 Å². The fourth-order valence-electron chi connectivity index (χ4n) is 0.713. The summed E-state index contributed by atoms with van der Waals surface area (Å²) in [5, 5.41) is 0. The summed E-state index contributed by atoms with van der Waals surface area (Å²) in [6.07, 6.45) is 10.3. The highest BCUT2D eigenvalue weighted by atomic mass is 13.8. The Bertz CT molecular complexity index is 116. The van der Waals surface area contributed by atoms with Crippen molar-refractivity contribution in [3.63, 3.8) is 0 Å². The van der Waals surface area contributed by atoms with E-state index in [4.69, 9.17) is 0 Å². The average molecular weight is 198 g/mol. The Hall–Kier alpha value is -0.520. The maximum Gasteiger partial charge on any atom is -0.0401 e. The SMILES string of the molecule is C/C=C\C(C)=C/C.CC.CCCCC. The van der Waals surface area contributed by atoms with E-state index < -0.39 is 0 Å². The Morgan fingerprint density at radius 3 is 1.50 bits per heavy atom. The summed E-state index contributed by atoms with van der Waals surface area (Å²) in [5.74, 6) is 0.